The quantitative estimate of drug-likeness (QED) is 0.522. The van der Waals surface area contributed by atoms with Gasteiger partial charge in [0.05, 0.1) is 12.9 Å². The van der Waals surface area contributed by atoms with Crippen LogP contribution in [0.15, 0.2) is 15.7 Å². The summed E-state index contributed by atoms with van der Waals surface area (Å²) in [4.78, 5) is 5.45. The molecule has 0 amide bonds. The number of rotatable bonds is 0. The molecule has 0 saturated heterocycles. The molecule has 0 radical (unpaired) electrons. The monoisotopic (exact) mass is 155 g/mol. The lowest BCUT2D eigenvalue weighted by Gasteiger charge is -2.22. The summed E-state index contributed by atoms with van der Waals surface area (Å²) in [6, 6.07) is 0. The fourth-order valence-corrected chi connectivity index (χ4v) is 1.91. The molecular weight excluding hydrogens is 146 g/mol. The summed E-state index contributed by atoms with van der Waals surface area (Å²) in [7, 11) is 0. The highest BCUT2D eigenvalue weighted by molar-refractivity contribution is 8.03. The van der Waals surface area contributed by atoms with E-state index >= 15 is 0 Å². The second-order valence-electron chi connectivity index (χ2n) is 2.19. The van der Waals surface area contributed by atoms with Crippen LogP contribution in [0.4, 0.5) is 0 Å². The molecule has 0 fully saturated rings. The minimum atomic E-state index is 0.847. The van der Waals surface area contributed by atoms with Crippen molar-refractivity contribution in [3.05, 3.63) is 10.7 Å². The zero-order chi connectivity index (χ0) is 6.81. The molecule has 0 bridgehead atoms. The van der Waals surface area contributed by atoms with E-state index in [4.69, 9.17) is 0 Å². The zero-order valence-corrected chi connectivity index (χ0v) is 6.37. The smallest absolute Gasteiger partial charge is 0.116 e. The van der Waals surface area contributed by atoms with Crippen molar-refractivity contribution in [2.45, 2.75) is 0 Å². The van der Waals surface area contributed by atoms with Crippen molar-refractivity contribution < 1.29 is 0 Å². The Kier molecular flexibility index (Phi) is 1.55. The van der Waals surface area contributed by atoms with Crippen LogP contribution in [0.2, 0.25) is 0 Å². The van der Waals surface area contributed by atoms with E-state index in [0.29, 0.717) is 0 Å². The van der Waals surface area contributed by atoms with Gasteiger partial charge in [0.15, 0.2) is 0 Å². The summed E-state index contributed by atoms with van der Waals surface area (Å²) in [5, 5.41) is 6.35. The SMILES string of the molecule is C1=NCC2=C(N1)NCCS2. The second kappa shape index (κ2) is 2.54. The van der Waals surface area contributed by atoms with E-state index < -0.39 is 0 Å². The molecule has 2 rings (SSSR count). The molecule has 0 aromatic heterocycles. The van der Waals surface area contributed by atoms with E-state index in [1.165, 1.54) is 4.91 Å². The first-order valence-corrected chi connectivity index (χ1v) is 4.30. The number of hydrogen-bond donors (Lipinski definition) is 2. The van der Waals surface area contributed by atoms with Crippen LogP contribution in [0.25, 0.3) is 0 Å². The minimum absolute atomic E-state index is 0.847. The lowest BCUT2D eigenvalue weighted by molar-refractivity contribution is 0.779. The zero-order valence-electron chi connectivity index (χ0n) is 5.55. The summed E-state index contributed by atoms with van der Waals surface area (Å²) in [6.07, 6.45) is 1.75. The Hall–Kier alpha value is -0.640. The molecule has 0 saturated carbocycles. The minimum Gasteiger partial charge on any atom is -0.370 e. The van der Waals surface area contributed by atoms with Gasteiger partial charge in [-0.15, -0.1) is 11.8 Å². The van der Waals surface area contributed by atoms with Gasteiger partial charge in [0.25, 0.3) is 0 Å². The first-order chi connectivity index (χ1) is 4.97. The van der Waals surface area contributed by atoms with Crippen LogP contribution in [-0.2, 0) is 0 Å². The highest BCUT2D eigenvalue weighted by atomic mass is 32.2. The van der Waals surface area contributed by atoms with E-state index in [1.807, 2.05) is 11.8 Å². The Morgan fingerprint density at radius 1 is 1.60 bits per heavy atom. The number of aliphatic imine (C=N–C) groups is 1. The van der Waals surface area contributed by atoms with E-state index in [-0.39, 0.29) is 0 Å². The normalized spacial score (nSPS) is 23.2. The maximum Gasteiger partial charge on any atom is 0.116 e. The molecule has 2 heterocycles. The Bertz CT molecular complexity index is 177. The molecule has 0 unspecified atom stereocenters. The molecule has 54 valence electrons. The fourth-order valence-electron chi connectivity index (χ4n) is 1.02. The van der Waals surface area contributed by atoms with Crippen LogP contribution in [0, 0.1) is 0 Å². The maximum atomic E-state index is 4.11. The van der Waals surface area contributed by atoms with Crippen LogP contribution < -0.4 is 10.6 Å². The van der Waals surface area contributed by atoms with Crippen molar-refractivity contribution in [2.24, 2.45) is 4.99 Å². The van der Waals surface area contributed by atoms with Crippen LogP contribution in [0.3, 0.4) is 0 Å². The summed E-state index contributed by atoms with van der Waals surface area (Å²) in [5.41, 5.74) is 0. The Labute approximate surface area is 64.0 Å². The van der Waals surface area contributed by atoms with Crippen molar-refractivity contribution in [2.75, 3.05) is 18.8 Å². The van der Waals surface area contributed by atoms with E-state index in [1.54, 1.807) is 6.34 Å². The van der Waals surface area contributed by atoms with E-state index in [2.05, 4.69) is 15.6 Å². The molecule has 3 nitrogen and oxygen atoms in total. The molecule has 2 aliphatic heterocycles. The average molecular weight is 155 g/mol. The van der Waals surface area contributed by atoms with Gasteiger partial charge < -0.3 is 10.6 Å². The number of nitrogens with zero attached hydrogens (tertiary/aromatic N) is 1. The van der Waals surface area contributed by atoms with Gasteiger partial charge in [-0.3, -0.25) is 4.99 Å². The summed E-state index contributed by atoms with van der Waals surface area (Å²) in [6.45, 7) is 1.91. The standard InChI is InChI=1S/C6H9N3S/c1-2-10-5-3-7-4-9-6(5)8-1/h4,8H,1-3H2,(H,7,9). The van der Waals surface area contributed by atoms with E-state index in [9.17, 15) is 0 Å². The molecule has 2 N–H and O–H groups in total. The molecule has 2 aliphatic rings. The molecule has 0 aliphatic carbocycles. The van der Waals surface area contributed by atoms with Gasteiger partial charge in [0.2, 0.25) is 0 Å². The first-order valence-electron chi connectivity index (χ1n) is 3.31. The number of hydrogen-bond acceptors (Lipinski definition) is 4. The molecular formula is C6H9N3S. The Morgan fingerprint density at radius 2 is 2.60 bits per heavy atom. The molecule has 0 aromatic carbocycles. The molecule has 0 aromatic rings. The Balaban J connectivity index is 2.17. The van der Waals surface area contributed by atoms with Gasteiger partial charge in [0.1, 0.15) is 5.82 Å². The predicted molar refractivity (Wildman–Crippen MR) is 44.0 cm³/mol. The lowest BCUT2D eigenvalue weighted by atomic mass is 10.4. The fraction of sp³-hybridized carbons (Fsp3) is 0.500. The lowest BCUT2D eigenvalue weighted by Crippen LogP contribution is -2.34. The number of thioether (sulfide) groups is 1. The van der Waals surface area contributed by atoms with Crippen LogP contribution >= 0.6 is 11.8 Å². The molecule has 0 spiro atoms. The molecule has 0 atom stereocenters. The van der Waals surface area contributed by atoms with Gasteiger partial charge in [-0.2, -0.15) is 0 Å². The van der Waals surface area contributed by atoms with Crippen LogP contribution in [-0.4, -0.2) is 25.2 Å². The van der Waals surface area contributed by atoms with Crippen molar-refractivity contribution in [1.29, 1.82) is 0 Å². The highest BCUT2D eigenvalue weighted by Crippen LogP contribution is 2.21. The highest BCUT2D eigenvalue weighted by Gasteiger charge is 2.13. The van der Waals surface area contributed by atoms with Gasteiger partial charge in [-0.1, -0.05) is 0 Å². The van der Waals surface area contributed by atoms with Crippen LogP contribution in [0.1, 0.15) is 0 Å². The summed E-state index contributed by atoms with van der Waals surface area (Å²) < 4.78 is 0. The van der Waals surface area contributed by atoms with Crippen molar-refractivity contribution >= 4 is 18.1 Å². The molecule has 4 heteroatoms. The maximum absolute atomic E-state index is 4.11. The third-order valence-electron chi connectivity index (χ3n) is 1.49. The van der Waals surface area contributed by atoms with Gasteiger partial charge >= 0.3 is 0 Å². The van der Waals surface area contributed by atoms with Crippen molar-refractivity contribution in [3.8, 4) is 0 Å². The van der Waals surface area contributed by atoms with Crippen LogP contribution in [0.5, 0.6) is 0 Å². The second-order valence-corrected chi connectivity index (χ2v) is 3.38. The predicted octanol–water partition coefficient (Wildman–Crippen LogP) is 0.123. The average Bonchev–Trinajstić information content (AvgIpc) is 2.05. The van der Waals surface area contributed by atoms with Gasteiger partial charge in [-0.25, -0.2) is 0 Å². The van der Waals surface area contributed by atoms with Crippen molar-refractivity contribution in [1.82, 2.24) is 10.6 Å². The van der Waals surface area contributed by atoms with Crippen molar-refractivity contribution in [3.63, 3.8) is 0 Å². The van der Waals surface area contributed by atoms with E-state index in [0.717, 1.165) is 24.7 Å². The number of nitrogens with one attached hydrogen (secondary N) is 2. The summed E-state index contributed by atoms with van der Waals surface area (Å²) >= 11 is 1.89. The summed E-state index contributed by atoms with van der Waals surface area (Å²) in [5.74, 6) is 2.32. The Morgan fingerprint density at radius 3 is 3.50 bits per heavy atom. The third kappa shape index (κ3) is 0.988. The third-order valence-corrected chi connectivity index (χ3v) is 2.58. The largest absolute Gasteiger partial charge is 0.370 e. The molecule has 10 heavy (non-hydrogen) atoms. The van der Waals surface area contributed by atoms with Gasteiger partial charge in [0, 0.05) is 17.2 Å². The van der Waals surface area contributed by atoms with Gasteiger partial charge in [-0.05, 0) is 0 Å². The first kappa shape index (κ1) is 6.09. The topological polar surface area (TPSA) is 36.4 Å².